The Morgan fingerprint density at radius 2 is 1.94 bits per heavy atom. The summed E-state index contributed by atoms with van der Waals surface area (Å²) >= 11 is 12.5. The monoisotopic (exact) mass is 497 g/mol. The number of anilines is 2. The summed E-state index contributed by atoms with van der Waals surface area (Å²) in [6.45, 7) is 6.91. The number of ether oxygens (including phenoxy) is 1. The fourth-order valence-electron chi connectivity index (χ4n) is 3.61. The Morgan fingerprint density at radius 3 is 2.69 bits per heavy atom. The first kappa shape index (κ1) is 23.2. The van der Waals surface area contributed by atoms with E-state index in [2.05, 4.69) is 10.2 Å². The summed E-state index contributed by atoms with van der Waals surface area (Å²) in [5.41, 5.74) is 2.44. The van der Waals surface area contributed by atoms with Crippen molar-refractivity contribution in [1.29, 1.82) is 0 Å². The lowest BCUT2D eigenvalue weighted by molar-refractivity contribution is 0.0378. The Hall–Kier alpha value is -1.97. The van der Waals surface area contributed by atoms with Crippen LogP contribution in [-0.4, -0.2) is 52.7 Å². The number of morpholine rings is 1. The molecular weight excluding hydrogens is 473 g/mol. The maximum Gasteiger partial charge on any atom is 0.278 e. The fraction of sp³-hybridized carbons (Fsp3) is 0.364. The SMILES string of the molecule is Cc1ccc(S(=O)(=O)N(Cl)c2cc(NCCCN3CCOCC3)c3occc3c2)cc1Cl. The van der Waals surface area contributed by atoms with Crippen LogP contribution in [0.15, 0.2) is 52.0 Å². The van der Waals surface area contributed by atoms with Gasteiger partial charge in [-0.2, -0.15) is 12.2 Å². The molecule has 0 spiro atoms. The van der Waals surface area contributed by atoms with E-state index >= 15 is 0 Å². The van der Waals surface area contributed by atoms with Crippen LogP contribution >= 0.6 is 23.4 Å². The number of hydrogen-bond acceptors (Lipinski definition) is 6. The number of benzene rings is 2. The largest absolute Gasteiger partial charge is 0.462 e. The summed E-state index contributed by atoms with van der Waals surface area (Å²) in [6, 6.07) is 9.69. The molecular formula is C22H25Cl2N3O4S. The lowest BCUT2D eigenvalue weighted by Crippen LogP contribution is -2.37. The van der Waals surface area contributed by atoms with E-state index in [1.807, 2.05) is 0 Å². The Morgan fingerprint density at radius 1 is 1.16 bits per heavy atom. The Bertz CT molecular complexity index is 1190. The summed E-state index contributed by atoms with van der Waals surface area (Å²) in [7, 11) is -4.00. The minimum atomic E-state index is -4.00. The van der Waals surface area contributed by atoms with Gasteiger partial charge in [0, 0.05) is 41.8 Å². The standard InChI is InChI=1S/C22H25Cl2N3O4S/c1-16-3-4-19(15-20(16)23)32(28,29)27(24)18-13-17-5-10-31-22(17)21(14-18)25-6-2-7-26-8-11-30-12-9-26/h3-5,10,13-15,25H,2,6-9,11-12H2,1H3. The number of rotatable bonds is 8. The van der Waals surface area contributed by atoms with Crippen molar-refractivity contribution in [2.75, 3.05) is 48.5 Å². The van der Waals surface area contributed by atoms with Gasteiger partial charge in [-0.25, -0.2) is 0 Å². The third kappa shape index (κ3) is 5.00. The quantitative estimate of drug-likeness (QED) is 0.353. The van der Waals surface area contributed by atoms with Crippen LogP contribution in [0.25, 0.3) is 11.0 Å². The van der Waals surface area contributed by atoms with E-state index in [-0.39, 0.29) is 4.90 Å². The number of aryl methyl sites for hydroxylation is 1. The molecule has 1 aliphatic heterocycles. The van der Waals surface area contributed by atoms with Crippen LogP contribution in [0.1, 0.15) is 12.0 Å². The highest BCUT2D eigenvalue weighted by molar-refractivity contribution is 7.94. The van der Waals surface area contributed by atoms with Crippen molar-refractivity contribution in [2.24, 2.45) is 0 Å². The predicted molar refractivity (Wildman–Crippen MR) is 128 cm³/mol. The van der Waals surface area contributed by atoms with Gasteiger partial charge in [-0.15, -0.1) is 0 Å². The van der Waals surface area contributed by atoms with Gasteiger partial charge in [-0.05, 0) is 55.8 Å². The molecule has 0 radical (unpaired) electrons. The average Bonchev–Trinajstić information content (AvgIpc) is 3.27. The number of sulfonamides is 1. The molecule has 1 saturated heterocycles. The second-order valence-electron chi connectivity index (χ2n) is 7.70. The zero-order valence-electron chi connectivity index (χ0n) is 17.7. The normalized spacial score (nSPS) is 15.2. The number of furan rings is 1. The molecule has 0 unspecified atom stereocenters. The van der Waals surface area contributed by atoms with Crippen LogP contribution in [0, 0.1) is 6.92 Å². The van der Waals surface area contributed by atoms with Gasteiger partial charge in [0.2, 0.25) is 0 Å². The Labute approximate surface area is 198 Å². The van der Waals surface area contributed by atoms with E-state index in [4.69, 9.17) is 32.5 Å². The van der Waals surface area contributed by atoms with E-state index in [1.165, 1.54) is 12.1 Å². The molecule has 172 valence electrons. The first-order valence-corrected chi connectivity index (χ1v) is 12.5. The third-order valence-electron chi connectivity index (χ3n) is 5.46. The maximum absolute atomic E-state index is 13.1. The highest BCUT2D eigenvalue weighted by Crippen LogP contribution is 2.35. The first-order chi connectivity index (χ1) is 15.4. The molecule has 0 saturated carbocycles. The van der Waals surface area contributed by atoms with E-state index < -0.39 is 10.0 Å². The molecule has 2 aromatic carbocycles. The van der Waals surface area contributed by atoms with Gasteiger partial charge in [-0.3, -0.25) is 4.90 Å². The molecule has 1 aliphatic rings. The molecule has 10 heteroatoms. The topological polar surface area (TPSA) is 75.0 Å². The highest BCUT2D eigenvalue weighted by Gasteiger charge is 2.25. The van der Waals surface area contributed by atoms with Gasteiger partial charge in [0.15, 0.2) is 5.58 Å². The number of hydrogen-bond donors (Lipinski definition) is 1. The Kier molecular flexibility index (Phi) is 7.17. The van der Waals surface area contributed by atoms with Crippen molar-refractivity contribution in [3.05, 3.63) is 53.2 Å². The summed E-state index contributed by atoms with van der Waals surface area (Å²) < 4.78 is 37.9. The molecule has 4 rings (SSSR count). The van der Waals surface area contributed by atoms with Crippen molar-refractivity contribution >= 4 is 55.7 Å². The van der Waals surface area contributed by atoms with E-state index in [0.717, 1.165) is 54.0 Å². The average molecular weight is 498 g/mol. The van der Waals surface area contributed by atoms with Crippen molar-refractivity contribution < 1.29 is 17.6 Å². The van der Waals surface area contributed by atoms with Gasteiger partial charge < -0.3 is 14.5 Å². The zero-order valence-corrected chi connectivity index (χ0v) is 20.0. The lowest BCUT2D eigenvalue weighted by atomic mass is 10.2. The van der Waals surface area contributed by atoms with Crippen molar-refractivity contribution in [2.45, 2.75) is 18.2 Å². The van der Waals surface area contributed by atoms with E-state index in [1.54, 1.807) is 37.5 Å². The molecule has 1 N–H and O–H groups in total. The van der Waals surface area contributed by atoms with Crippen LogP contribution < -0.4 is 9.14 Å². The fourth-order valence-corrected chi connectivity index (χ4v) is 5.27. The molecule has 0 aliphatic carbocycles. The molecule has 0 amide bonds. The van der Waals surface area contributed by atoms with E-state index in [0.29, 0.717) is 28.5 Å². The van der Waals surface area contributed by atoms with Crippen LogP contribution in [0.5, 0.6) is 0 Å². The summed E-state index contributed by atoms with van der Waals surface area (Å²) in [4.78, 5) is 2.39. The predicted octanol–water partition coefficient (Wildman–Crippen LogP) is 4.88. The number of nitrogens with one attached hydrogen (secondary N) is 1. The van der Waals surface area contributed by atoms with Crippen molar-refractivity contribution in [3.63, 3.8) is 0 Å². The lowest BCUT2D eigenvalue weighted by Gasteiger charge is -2.26. The van der Waals surface area contributed by atoms with Gasteiger partial charge in [0.05, 0.1) is 35.7 Å². The third-order valence-corrected chi connectivity index (χ3v) is 8.09. The van der Waals surface area contributed by atoms with Gasteiger partial charge in [0.1, 0.15) is 0 Å². The molecule has 0 atom stereocenters. The van der Waals surface area contributed by atoms with Crippen LogP contribution in [0.2, 0.25) is 5.02 Å². The second kappa shape index (κ2) is 9.89. The molecule has 1 fully saturated rings. The van der Waals surface area contributed by atoms with Crippen LogP contribution in [0.3, 0.4) is 0 Å². The maximum atomic E-state index is 13.1. The molecule has 2 heterocycles. The highest BCUT2D eigenvalue weighted by atomic mass is 35.5. The van der Waals surface area contributed by atoms with Crippen LogP contribution in [0.4, 0.5) is 11.4 Å². The van der Waals surface area contributed by atoms with E-state index in [9.17, 15) is 8.42 Å². The van der Waals surface area contributed by atoms with Gasteiger partial charge in [-0.1, -0.05) is 17.7 Å². The molecule has 0 bridgehead atoms. The smallest absolute Gasteiger partial charge is 0.278 e. The summed E-state index contributed by atoms with van der Waals surface area (Å²) in [6.07, 6.45) is 2.50. The van der Waals surface area contributed by atoms with Gasteiger partial charge in [0.25, 0.3) is 10.0 Å². The van der Waals surface area contributed by atoms with Gasteiger partial charge >= 0.3 is 0 Å². The van der Waals surface area contributed by atoms with Crippen molar-refractivity contribution in [1.82, 2.24) is 4.90 Å². The molecule has 7 nitrogen and oxygen atoms in total. The number of fused-ring (bicyclic) bond motifs is 1. The second-order valence-corrected chi connectivity index (χ2v) is 10.4. The molecule has 1 aromatic heterocycles. The summed E-state index contributed by atoms with van der Waals surface area (Å²) in [5, 5.41) is 4.48. The minimum Gasteiger partial charge on any atom is -0.462 e. The van der Waals surface area contributed by atoms with Crippen molar-refractivity contribution in [3.8, 4) is 0 Å². The Balaban J connectivity index is 1.53. The molecule has 3 aromatic rings. The minimum absolute atomic E-state index is 0.0235. The number of halogens is 2. The summed E-state index contributed by atoms with van der Waals surface area (Å²) in [5.74, 6) is 0. The molecule has 32 heavy (non-hydrogen) atoms. The first-order valence-electron chi connectivity index (χ1n) is 10.4. The zero-order chi connectivity index (χ0) is 22.7. The number of nitrogens with zero attached hydrogens (tertiary/aromatic N) is 2. The van der Waals surface area contributed by atoms with Crippen LogP contribution in [-0.2, 0) is 14.8 Å².